The lowest BCUT2D eigenvalue weighted by Gasteiger charge is -1.90. The van der Waals surface area contributed by atoms with Crippen LogP contribution in [0.4, 0.5) is 0 Å². The predicted octanol–water partition coefficient (Wildman–Crippen LogP) is 1.14. The Morgan fingerprint density at radius 1 is 1.50 bits per heavy atom. The number of hydrogen-bond acceptors (Lipinski definition) is 4. The lowest BCUT2D eigenvalue weighted by Crippen LogP contribution is -2.03. The van der Waals surface area contributed by atoms with Crippen molar-refractivity contribution in [1.29, 1.82) is 0 Å². The van der Waals surface area contributed by atoms with E-state index in [-0.39, 0.29) is 11.7 Å². The predicted molar refractivity (Wildman–Crippen MR) is 53.2 cm³/mol. The molecule has 0 amide bonds. The van der Waals surface area contributed by atoms with E-state index in [0.717, 1.165) is 6.26 Å². The van der Waals surface area contributed by atoms with E-state index in [4.69, 9.17) is 4.55 Å². The van der Waals surface area contributed by atoms with Crippen molar-refractivity contribution in [2.75, 3.05) is 5.75 Å². The van der Waals surface area contributed by atoms with Crippen LogP contribution in [0.15, 0.2) is 25.0 Å². The van der Waals surface area contributed by atoms with Crippen molar-refractivity contribution in [3.63, 3.8) is 0 Å². The van der Waals surface area contributed by atoms with Crippen LogP contribution in [0.2, 0.25) is 0 Å². The van der Waals surface area contributed by atoms with Gasteiger partial charge >= 0.3 is 5.97 Å². The zero-order valence-corrected chi connectivity index (χ0v) is 9.00. The van der Waals surface area contributed by atoms with E-state index in [1.165, 1.54) is 13.8 Å². The van der Waals surface area contributed by atoms with E-state index >= 15 is 0 Å². The molecule has 0 saturated heterocycles. The molecule has 0 aliphatic rings. The summed E-state index contributed by atoms with van der Waals surface area (Å²) in [6, 6.07) is 0. The highest BCUT2D eigenvalue weighted by Gasteiger charge is 2.01. The van der Waals surface area contributed by atoms with Crippen molar-refractivity contribution in [3.05, 3.63) is 25.0 Å². The lowest BCUT2D eigenvalue weighted by atomic mass is 10.4. The Labute approximate surface area is 83.8 Å². The van der Waals surface area contributed by atoms with Gasteiger partial charge in [0.05, 0.1) is 12.0 Å². The molecule has 0 spiro atoms. The molecule has 0 aromatic carbocycles. The van der Waals surface area contributed by atoms with Crippen LogP contribution in [-0.4, -0.2) is 24.7 Å². The van der Waals surface area contributed by atoms with Crippen molar-refractivity contribution in [2.24, 2.45) is 0 Å². The number of carbonyl (C=O) groups excluding carboxylic acids is 1. The van der Waals surface area contributed by atoms with Gasteiger partial charge in [-0.15, -0.1) is 0 Å². The minimum Gasteiger partial charge on any atom is -0.435 e. The Morgan fingerprint density at radius 2 is 1.93 bits per heavy atom. The molecule has 0 atom stereocenters. The summed E-state index contributed by atoms with van der Waals surface area (Å²) in [6.45, 7) is 9.32. The summed E-state index contributed by atoms with van der Waals surface area (Å²) >= 11 is 0. The fourth-order valence-corrected chi connectivity index (χ4v) is 1.05. The first-order valence-electron chi connectivity index (χ1n) is 3.56. The first kappa shape index (κ1) is 15.3. The van der Waals surface area contributed by atoms with E-state index in [1.54, 1.807) is 0 Å². The van der Waals surface area contributed by atoms with E-state index in [1.807, 2.05) is 0 Å². The molecule has 0 saturated carbocycles. The van der Waals surface area contributed by atoms with Crippen LogP contribution < -0.4 is 0 Å². The van der Waals surface area contributed by atoms with Crippen LogP contribution in [-0.2, 0) is 19.6 Å². The Bertz CT molecular complexity index is 302. The number of carbonyl (C=O) groups is 1. The summed E-state index contributed by atoms with van der Waals surface area (Å²) in [5, 5.41) is 0. The molecule has 0 aromatic rings. The van der Waals surface area contributed by atoms with Crippen LogP contribution in [0.3, 0.4) is 0 Å². The third kappa shape index (κ3) is 22.4. The van der Waals surface area contributed by atoms with Gasteiger partial charge in [-0.25, -0.2) is 0 Å². The molecule has 0 aliphatic heterocycles. The fraction of sp³-hybridized carbons (Fsp3) is 0.375. The summed E-state index contributed by atoms with van der Waals surface area (Å²) in [5.74, 6) is -0.669. The topological polar surface area (TPSA) is 80.7 Å². The maximum absolute atomic E-state index is 9.94. The molecule has 1 N–H and O–H groups in total. The second-order valence-corrected chi connectivity index (χ2v) is 3.91. The number of hydrogen-bond donors (Lipinski definition) is 1. The van der Waals surface area contributed by atoms with E-state index < -0.39 is 10.1 Å². The average Bonchev–Trinajstić information content (AvgIpc) is 1.80. The van der Waals surface area contributed by atoms with Crippen LogP contribution in [0.5, 0.6) is 0 Å². The molecule has 0 radical (unpaired) electrons. The Morgan fingerprint density at radius 3 is 1.93 bits per heavy atom. The largest absolute Gasteiger partial charge is 0.435 e. The summed E-state index contributed by atoms with van der Waals surface area (Å²) < 4.78 is 32.1. The van der Waals surface area contributed by atoms with Crippen molar-refractivity contribution >= 4 is 16.1 Å². The fourth-order valence-electron chi connectivity index (χ4n) is 0.429. The van der Waals surface area contributed by atoms with Crippen molar-refractivity contribution in [3.8, 4) is 0 Å². The highest BCUT2D eigenvalue weighted by molar-refractivity contribution is 7.85. The summed E-state index contributed by atoms with van der Waals surface area (Å²) in [6.07, 6.45) is 1.10. The van der Waals surface area contributed by atoms with Gasteiger partial charge < -0.3 is 4.74 Å². The third-order valence-electron chi connectivity index (χ3n) is 0.678. The standard InChI is InChI=1S/C4H8O3S.C4H6O2/c1-4(2)3-8(5,6)7;1-3-6-4(2)5/h1,3H2,2H3,(H,5,6,7);3H,1H2,2H3. The molecule has 82 valence electrons. The summed E-state index contributed by atoms with van der Waals surface area (Å²) in [5.41, 5.74) is 0.438. The molecule has 0 bridgehead atoms. The van der Waals surface area contributed by atoms with Gasteiger partial charge in [0.15, 0.2) is 0 Å². The monoisotopic (exact) mass is 222 g/mol. The Hall–Kier alpha value is -1.14. The van der Waals surface area contributed by atoms with Gasteiger partial charge in [0, 0.05) is 6.92 Å². The second-order valence-electron chi connectivity index (χ2n) is 2.46. The molecule has 6 heteroatoms. The molecule has 0 rings (SSSR count). The van der Waals surface area contributed by atoms with Crippen molar-refractivity contribution in [2.45, 2.75) is 13.8 Å². The van der Waals surface area contributed by atoms with Crippen LogP contribution >= 0.6 is 0 Å². The smallest absolute Gasteiger partial charge is 0.307 e. The lowest BCUT2D eigenvalue weighted by molar-refractivity contribution is -0.135. The molecule has 0 fully saturated rings. The molecule has 5 nitrogen and oxygen atoms in total. The van der Waals surface area contributed by atoms with Crippen LogP contribution in [0.25, 0.3) is 0 Å². The maximum atomic E-state index is 9.94. The average molecular weight is 222 g/mol. The molecule has 14 heavy (non-hydrogen) atoms. The van der Waals surface area contributed by atoms with Crippen molar-refractivity contribution in [1.82, 2.24) is 0 Å². The maximum Gasteiger partial charge on any atom is 0.307 e. The van der Waals surface area contributed by atoms with Gasteiger partial charge in [0.25, 0.3) is 10.1 Å². The first-order chi connectivity index (χ1) is 6.19. The van der Waals surface area contributed by atoms with Gasteiger partial charge in [-0.3, -0.25) is 9.35 Å². The zero-order valence-electron chi connectivity index (χ0n) is 8.19. The molecule has 0 aromatic heterocycles. The highest BCUT2D eigenvalue weighted by Crippen LogP contribution is 1.91. The first-order valence-corrected chi connectivity index (χ1v) is 5.17. The van der Waals surface area contributed by atoms with Crippen molar-refractivity contribution < 1.29 is 22.5 Å². The molecule has 0 aliphatic carbocycles. The van der Waals surface area contributed by atoms with E-state index in [0.29, 0.717) is 5.57 Å². The summed E-state index contributed by atoms with van der Waals surface area (Å²) in [7, 11) is -3.82. The van der Waals surface area contributed by atoms with Gasteiger partial charge in [-0.05, 0) is 6.92 Å². The Kier molecular flexibility index (Phi) is 7.98. The number of rotatable bonds is 3. The zero-order chi connectivity index (χ0) is 11.8. The summed E-state index contributed by atoms with van der Waals surface area (Å²) in [4.78, 5) is 9.75. The number of esters is 1. The minimum absolute atomic E-state index is 0.329. The van der Waals surface area contributed by atoms with Crippen LogP contribution in [0, 0.1) is 0 Å². The minimum atomic E-state index is -3.82. The van der Waals surface area contributed by atoms with Gasteiger partial charge in [0.2, 0.25) is 0 Å². The Balaban J connectivity index is 0. The number of ether oxygens (including phenoxy) is 1. The van der Waals surface area contributed by atoms with Crippen LogP contribution in [0.1, 0.15) is 13.8 Å². The highest BCUT2D eigenvalue weighted by atomic mass is 32.2. The quantitative estimate of drug-likeness (QED) is 0.335. The molecular formula is C8H14O5S. The normalized spacial score (nSPS) is 9.36. The van der Waals surface area contributed by atoms with E-state index in [2.05, 4.69) is 17.9 Å². The van der Waals surface area contributed by atoms with Gasteiger partial charge in [0.1, 0.15) is 0 Å². The SMILES string of the molecule is C=C(C)CS(=O)(=O)O.C=COC(C)=O. The van der Waals surface area contributed by atoms with Gasteiger partial charge in [-0.2, -0.15) is 8.42 Å². The second kappa shape index (κ2) is 7.28. The molecule has 0 heterocycles. The molecular weight excluding hydrogens is 208 g/mol. The third-order valence-corrected chi connectivity index (χ3v) is 1.54. The molecule has 0 unspecified atom stereocenters. The van der Waals surface area contributed by atoms with Gasteiger partial charge in [-0.1, -0.05) is 18.7 Å². The van der Waals surface area contributed by atoms with E-state index in [9.17, 15) is 13.2 Å².